The Balaban J connectivity index is 2.61. The fourth-order valence-electron chi connectivity index (χ4n) is 1.82. The van der Waals surface area contributed by atoms with Gasteiger partial charge in [-0.1, -0.05) is 0 Å². The third-order valence-corrected chi connectivity index (χ3v) is 2.91. The van der Waals surface area contributed by atoms with E-state index in [1.807, 2.05) is 6.92 Å². The molecule has 102 valence electrons. The van der Waals surface area contributed by atoms with Crippen LogP contribution in [0.1, 0.15) is 42.1 Å². The summed E-state index contributed by atoms with van der Waals surface area (Å²) in [7, 11) is 0. The summed E-state index contributed by atoms with van der Waals surface area (Å²) >= 11 is 0. The van der Waals surface area contributed by atoms with Gasteiger partial charge in [0.25, 0.3) is 0 Å². The fraction of sp³-hybridized carbons (Fsp3) is 0.429. The van der Waals surface area contributed by atoms with Crippen molar-refractivity contribution in [3.8, 4) is 0 Å². The minimum absolute atomic E-state index is 0.118. The van der Waals surface area contributed by atoms with Gasteiger partial charge in [0.1, 0.15) is 5.78 Å². The number of ketones is 2. The molecule has 19 heavy (non-hydrogen) atoms. The first-order valence-corrected chi connectivity index (χ1v) is 6.07. The zero-order valence-electron chi connectivity index (χ0n) is 11.0. The van der Waals surface area contributed by atoms with Crippen LogP contribution in [0.15, 0.2) is 18.5 Å². The summed E-state index contributed by atoms with van der Waals surface area (Å²) in [6.45, 7) is 3.19. The Morgan fingerprint density at radius 2 is 2.00 bits per heavy atom. The van der Waals surface area contributed by atoms with Crippen LogP contribution < -0.4 is 0 Å². The van der Waals surface area contributed by atoms with Crippen molar-refractivity contribution >= 4 is 17.5 Å². The van der Waals surface area contributed by atoms with Crippen LogP contribution in [0.3, 0.4) is 0 Å². The number of pyridine rings is 1. The molecule has 0 aliphatic rings. The van der Waals surface area contributed by atoms with Crippen molar-refractivity contribution in [1.29, 1.82) is 0 Å². The number of aliphatic carboxylic acids is 1. The van der Waals surface area contributed by atoms with Crippen molar-refractivity contribution in [3.05, 3.63) is 29.6 Å². The molecule has 1 N–H and O–H groups in total. The Morgan fingerprint density at radius 1 is 1.32 bits per heavy atom. The van der Waals surface area contributed by atoms with Crippen molar-refractivity contribution in [2.24, 2.45) is 5.92 Å². The van der Waals surface area contributed by atoms with Gasteiger partial charge in [-0.3, -0.25) is 19.4 Å². The van der Waals surface area contributed by atoms with Crippen molar-refractivity contribution in [2.75, 3.05) is 0 Å². The lowest BCUT2D eigenvalue weighted by molar-refractivity contribution is -0.140. The van der Waals surface area contributed by atoms with Crippen LogP contribution in [-0.2, 0) is 9.59 Å². The number of carbonyl (C=O) groups excluding carboxylic acids is 2. The normalized spacial score (nSPS) is 11.9. The molecule has 1 aromatic rings. The Morgan fingerprint density at radius 3 is 2.53 bits per heavy atom. The Bertz CT molecular complexity index is 496. The molecule has 0 fully saturated rings. The molecule has 0 aliphatic heterocycles. The highest BCUT2D eigenvalue weighted by molar-refractivity contribution is 5.96. The van der Waals surface area contributed by atoms with Gasteiger partial charge in [0, 0.05) is 30.3 Å². The van der Waals surface area contributed by atoms with E-state index in [0.29, 0.717) is 5.56 Å². The van der Waals surface area contributed by atoms with Gasteiger partial charge < -0.3 is 5.11 Å². The lowest BCUT2D eigenvalue weighted by atomic mass is 9.93. The number of rotatable bonds is 7. The minimum Gasteiger partial charge on any atom is -0.481 e. The largest absolute Gasteiger partial charge is 0.481 e. The third-order valence-electron chi connectivity index (χ3n) is 2.91. The quantitative estimate of drug-likeness (QED) is 0.761. The molecule has 1 atom stereocenters. The topological polar surface area (TPSA) is 84.3 Å². The first-order chi connectivity index (χ1) is 8.90. The highest BCUT2D eigenvalue weighted by atomic mass is 16.4. The van der Waals surface area contributed by atoms with Crippen molar-refractivity contribution in [2.45, 2.75) is 33.1 Å². The SMILES string of the molecule is CC(=O)C(CCC(=O)c1cncc(C)c1)CC(=O)O. The lowest BCUT2D eigenvalue weighted by Gasteiger charge is -2.10. The summed E-state index contributed by atoms with van der Waals surface area (Å²) in [5.74, 6) is -1.94. The molecular weight excluding hydrogens is 246 g/mol. The van der Waals surface area contributed by atoms with E-state index < -0.39 is 11.9 Å². The van der Waals surface area contributed by atoms with E-state index in [1.54, 1.807) is 12.3 Å². The maximum atomic E-state index is 11.9. The zero-order valence-corrected chi connectivity index (χ0v) is 11.0. The number of carboxylic acids is 1. The predicted molar refractivity (Wildman–Crippen MR) is 69.0 cm³/mol. The zero-order chi connectivity index (χ0) is 14.4. The van der Waals surface area contributed by atoms with Crippen molar-refractivity contribution in [1.82, 2.24) is 4.98 Å². The second-order valence-electron chi connectivity index (χ2n) is 4.62. The molecule has 1 rings (SSSR count). The van der Waals surface area contributed by atoms with E-state index in [1.165, 1.54) is 13.1 Å². The van der Waals surface area contributed by atoms with Gasteiger partial charge in [-0.15, -0.1) is 0 Å². The summed E-state index contributed by atoms with van der Waals surface area (Å²) in [6, 6.07) is 1.73. The van der Waals surface area contributed by atoms with Crippen molar-refractivity contribution in [3.63, 3.8) is 0 Å². The molecule has 0 aromatic carbocycles. The maximum Gasteiger partial charge on any atom is 0.304 e. The molecule has 0 amide bonds. The van der Waals surface area contributed by atoms with Crippen LogP contribution >= 0.6 is 0 Å². The minimum atomic E-state index is -1.02. The standard InChI is InChI=1S/C14H17NO4/c1-9-5-12(8-15-7-9)13(17)4-3-11(10(2)16)6-14(18)19/h5,7-8,11H,3-4,6H2,1-2H3,(H,18,19). The van der Waals surface area contributed by atoms with E-state index >= 15 is 0 Å². The van der Waals surface area contributed by atoms with Gasteiger partial charge in [0.05, 0.1) is 6.42 Å². The Labute approximate surface area is 111 Å². The van der Waals surface area contributed by atoms with E-state index in [4.69, 9.17) is 5.11 Å². The van der Waals surface area contributed by atoms with E-state index in [0.717, 1.165) is 5.56 Å². The van der Waals surface area contributed by atoms with Crippen LogP contribution in [0.4, 0.5) is 0 Å². The number of hydrogen-bond donors (Lipinski definition) is 1. The fourth-order valence-corrected chi connectivity index (χ4v) is 1.82. The number of aryl methyl sites for hydroxylation is 1. The molecule has 0 aliphatic carbocycles. The number of carboxylic acid groups (broad SMARTS) is 1. The number of hydrogen-bond acceptors (Lipinski definition) is 4. The van der Waals surface area contributed by atoms with Gasteiger partial charge in [-0.25, -0.2) is 0 Å². The van der Waals surface area contributed by atoms with E-state index in [-0.39, 0.29) is 30.8 Å². The van der Waals surface area contributed by atoms with Gasteiger partial charge in [0.15, 0.2) is 5.78 Å². The molecule has 1 aromatic heterocycles. The average Bonchev–Trinajstić information content (AvgIpc) is 2.33. The molecule has 1 unspecified atom stereocenters. The third kappa shape index (κ3) is 4.99. The summed E-state index contributed by atoms with van der Waals surface area (Å²) < 4.78 is 0. The number of Topliss-reactive ketones (excluding diaryl/α,β-unsaturated/α-hetero) is 2. The summed E-state index contributed by atoms with van der Waals surface area (Å²) in [6.07, 6.45) is 3.32. The molecule has 0 bridgehead atoms. The molecule has 0 radical (unpaired) electrons. The Kier molecular flexibility index (Phi) is 5.36. The molecule has 0 saturated carbocycles. The monoisotopic (exact) mass is 263 g/mol. The van der Waals surface area contributed by atoms with Crippen LogP contribution in [-0.4, -0.2) is 27.6 Å². The number of carbonyl (C=O) groups is 3. The summed E-state index contributed by atoms with van der Waals surface area (Å²) in [5.41, 5.74) is 1.39. The average molecular weight is 263 g/mol. The highest BCUT2D eigenvalue weighted by Gasteiger charge is 2.19. The van der Waals surface area contributed by atoms with Crippen LogP contribution in [0.25, 0.3) is 0 Å². The van der Waals surface area contributed by atoms with Crippen LogP contribution in [0.2, 0.25) is 0 Å². The second-order valence-corrected chi connectivity index (χ2v) is 4.62. The van der Waals surface area contributed by atoms with E-state index in [9.17, 15) is 14.4 Å². The molecule has 5 nitrogen and oxygen atoms in total. The first-order valence-electron chi connectivity index (χ1n) is 6.07. The van der Waals surface area contributed by atoms with Gasteiger partial charge >= 0.3 is 5.97 Å². The van der Waals surface area contributed by atoms with Crippen LogP contribution in [0, 0.1) is 12.8 Å². The lowest BCUT2D eigenvalue weighted by Crippen LogP contribution is -2.17. The molecular formula is C14H17NO4. The maximum absolute atomic E-state index is 11.9. The van der Waals surface area contributed by atoms with Gasteiger partial charge in [-0.2, -0.15) is 0 Å². The first kappa shape index (κ1) is 15.0. The molecule has 0 spiro atoms. The molecule has 0 saturated heterocycles. The van der Waals surface area contributed by atoms with Crippen molar-refractivity contribution < 1.29 is 19.5 Å². The van der Waals surface area contributed by atoms with Gasteiger partial charge in [-0.05, 0) is 31.9 Å². The van der Waals surface area contributed by atoms with Crippen LogP contribution in [0.5, 0.6) is 0 Å². The summed E-state index contributed by atoms with van der Waals surface area (Å²) in [5, 5.41) is 8.70. The summed E-state index contributed by atoms with van der Waals surface area (Å²) in [4.78, 5) is 37.8. The highest BCUT2D eigenvalue weighted by Crippen LogP contribution is 2.15. The number of nitrogens with zero attached hydrogens (tertiary/aromatic N) is 1. The predicted octanol–water partition coefficient (Wildman–Crippen LogP) is 2.03. The molecule has 1 heterocycles. The van der Waals surface area contributed by atoms with E-state index in [2.05, 4.69) is 4.98 Å². The van der Waals surface area contributed by atoms with Gasteiger partial charge in [0.2, 0.25) is 0 Å². The molecule has 5 heteroatoms. The Hall–Kier alpha value is -2.04. The number of aromatic nitrogens is 1. The smallest absolute Gasteiger partial charge is 0.304 e. The second kappa shape index (κ2) is 6.78.